The molecule has 1 aliphatic rings. The van der Waals surface area contributed by atoms with E-state index in [-0.39, 0.29) is 22.9 Å². The van der Waals surface area contributed by atoms with Crippen LogP contribution in [0.25, 0.3) is 17.1 Å². The highest BCUT2D eigenvalue weighted by Crippen LogP contribution is 2.33. The van der Waals surface area contributed by atoms with Crippen LogP contribution in [0.3, 0.4) is 0 Å². The van der Waals surface area contributed by atoms with Gasteiger partial charge in [0.05, 0.1) is 5.69 Å². The lowest BCUT2D eigenvalue weighted by atomic mass is 9.85. The molecule has 0 spiro atoms. The predicted molar refractivity (Wildman–Crippen MR) is 172 cm³/mol. The Bertz CT molecular complexity index is 1700. The van der Waals surface area contributed by atoms with Gasteiger partial charge in [0.25, 0.3) is 0 Å². The van der Waals surface area contributed by atoms with Crippen LogP contribution in [-0.2, 0) is 6.42 Å². The van der Waals surface area contributed by atoms with Crippen molar-refractivity contribution in [3.63, 3.8) is 0 Å². The van der Waals surface area contributed by atoms with Gasteiger partial charge >= 0.3 is 12.4 Å². The Morgan fingerprint density at radius 3 is 2.46 bits per heavy atom. The van der Waals surface area contributed by atoms with Gasteiger partial charge in [-0.05, 0) is 71.3 Å². The van der Waals surface area contributed by atoms with Gasteiger partial charge in [-0.1, -0.05) is 63.7 Å². The number of ether oxygens (including phenoxy) is 1. The minimum absolute atomic E-state index is 0.117. The van der Waals surface area contributed by atoms with Crippen molar-refractivity contribution in [1.82, 2.24) is 20.1 Å². The molecule has 46 heavy (non-hydrogen) atoms. The number of nitrogens with zero attached hydrogens (tertiary/aromatic N) is 5. The van der Waals surface area contributed by atoms with Gasteiger partial charge in [0.15, 0.2) is 11.0 Å². The number of anilines is 1. The van der Waals surface area contributed by atoms with Gasteiger partial charge in [0.2, 0.25) is 0 Å². The Hall–Kier alpha value is -4.39. The second-order valence-corrected chi connectivity index (χ2v) is 13.1. The molecule has 242 valence electrons. The van der Waals surface area contributed by atoms with Crippen molar-refractivity contribution in [3.8, 4) is 22.8 Å². The number of amidine groups is 1. The van der Waals surface area contributed by atoms with Gasteiger partial charge < -0.3 is 15.0 Å². The number of aromatic nitrogens is 3. The number of carbonyl (C=O) groups is 1. The van der Waals surface area contributed by atoms with E-state index in [0.717, 1.165) is 28.1 Å². The summed E-state index contributed by atoms with van der Waals surface area (Å²) in [5, 5.41) is 8.00. The van der Waals surface area contributed by atoms with E-state index in [2.05, 4.69) is 39.0 Å². The molecule has 13 heteroatoms. The largest absolute Gasteiger partial charge is 0.573 e. The van der Waals surface area contributed by atoms with Gasteiger partial charge in [-0.25, -0.2) is 18.9 Å². The third kappa shape index (κ3) is 8.45. The molecular weight excluding hydrogens is 620 g/mol. The van der Waals surface area contributed by atoms with Gasteiger partial charge in [0.1, 0.15) is 17.9 Å². The molecule has 0 bridgehead atoms. The number of amides is 2. The first kappa shape index (κ1) is 33.0. The highest BCUT2D eigenvalue weighted by atomic mass is 32.2. The first-order valence-electron chi connectivity index (χ1n) is 14.7. The Morgan fingerprint density at radius 2 is 1.78 bits per heavy atom. The highest BCUT2D eigenvalue weighted by molar-refractivity contribution is 8.14. The average Bonchev–Trinajstić information content (AvgIpc) is 3.66. The lowest BCUT2D eigenvalue weighted by Crippen LogP contribution is -2.35. The lowest BCUT2D eigenvalue weighted by Gasteiger charge is -2.25. The van der Waals surface area contributed by atoms with Crippen molar-refractivity contribution in [1.29, 1.82) is 0 Å². The summed E-state index contributed by atoms with van der Waals surface area (Å²) in [6.07, 6.45) is -2.58. The molecule has 0 atom stereocenters. The van der Waals surface area contributed by atoms with Gasteiger partial charge in [-0.2, -0.15) is 4.99 Å². The zero-order chi connectivity index (χ0) is 33.1. The molecule has 1 aromatic heterocycles. The third-order valence-electron chi connectivity index (χ3n) is 7.32. The summed E-state index contributed by atoms with van der Waals surface area (Å²) >= 11 is 1.50. The second kappa shape index (κ2) is 13.5. The van der Waals surface area contributed by atoms with E-state index in [1.807, 2.05) is 43.0 Å². The Labute approximate surface area is 268 Å². The molecule has 8 nitrogen and oxygen atoms in total. The van der Waals surface area contributed by atoms with Crippen LogP contribution < -0.4 is 15.0 Å². The molecule has 0 saturated carbocycles. The molecule has 1 fully saturated rings. The smallest absolute Gasteiger partial charge is 0.406 e. The Morgan fingerprint density at radius 1 is 1.07 bits per heavy atom. The van der Waals surface area contributed by atoms with Crippen LogP contribution >= 0.6 is 11.8 Å². The minimum atomic E-state index is -4.76. The summed E-state index contributed by atoms with van der Waals surface area (Å²) in [4.78, 5) is 23.5. The summed E-state index contributed by atoms with van der Waals surface area (Å²) in [6.45, 7) is 9.24. The van der Waals surface area contributed by atoms with Crippen molar-refractivity contribution in [3.05, 3.63) is 90.0 Å². The minimum Gasteiger partial charge on any atom is -0.406 e. The number of halogens is 4. The second-order valence-electron chi connectivity index (χ2n) is 12.0. The van der Waals surface area contributed by atoms with Crippen molar-refractivity contribution < 1.29 is 27.1 Å². The molecule has 0 unspecified atom stereocenters. The number of carbonyl (C=O) groups excluding carboxylic acids is 1. The summed E-state index contributed by atoms with van der Waals surface area (Å²) in [5.41, 5.74) is 3.84. The highest BCUT2D eigenvalue weighted by Gasteiger charge is 2.31. The molecule has 0 aliphatic carbocycles. The van der Waals surface area contributed by atoms with E-state index in [1.165, 1.54) is 53.1 Å². The molecule has 0 radical (unpaired) electrons. The number of hydrogen-bond donors (Lipinski definition) is 1. The maximum absolute atomic E-state index is 13.9. The van der Waals surface area contributed by atoms with E-state index >= 15 is 0 Å². The van der Waals surface area contributed by atoms with Crippen molar-refractivity contribution in [2.24, 2.45) is 10.4 Å². The Kier molecular flexibility index (Phi) is 9.71. The topological polar surface area (TPSA) is 84.6 Å². The van der Waals surface area contributed by atoms with Gasteiger partial charge in [-0.3, -0.25) is 0 Å². The van der Waals surface area contributed by atoms with Crippen molar-refractivity contribution in [2.45, 2.75) is 46.4 Å². The Balaban J connectivity index is 1.17. The molecular formula is C33H34F4N6O2S. The van der Waals surface area contributed by atoms with Crippen LogP contribution in [0.15, 0.2) is 78.0 Å². The predicted octanol–water partition coefficient (Wildman–Crippen LogP) is 7.98. The molecule has 1 aliphatic heterocycles. The van der Waals surface area contributed by atoms with Crippen LogP contribution in [0.5, 0.6) is 5.75 Å². The standard InChI is InChI=1S/C33H34F4N6O2S/c1-21(2)27-17-24(34)9-14-28(27)42-15-16-46-31(42)40-30(44)38-19-32(3,4)18-22-5-7-23(8-6-22)29-39-20-43(41-29)25-10-12-26(13-11-25)45-33(35,36)37/h5-14,17,20-21H,15-16,18-19H2,1-4H3,(H,38,44)/b40-31-. The SMILES string of the molecule is CC(C)c1cc(F)ccc1N1CCS/C1=N\C(=O)NCC(C)(C)Cc1ccc(-c2ncn(-c3ccc(OC(F)(F)F)cc3)n2)cc1. The summed E-state index contributed by atoms with van der Waals surface area (Å²) < 4.78 is 56.6. The molecule has 1 N–H and O–H groups in total. The first-order valence-corrected chi connectivity index (χ1v) is 15.7. The molecule has 4 aromatic rings. The summed E-state index contributed by atoms with van der Waals surface area (Å²) in [7, 11) is 0. The molecule has 5 rings (SSSR count). The maximum atomic E-state index is 13.9. The number of rotatable bonds is 9. The van der Waals surface area contributed by atoms with Crippen molar-refractivity contribution >= 4 is 28.6 Å². The van der Waals surface area contributed by atoms with Crippen LogP contribution in [-0.4, -0.2) is 51.2 Å². The normalized spacial score (nSPS) is 14.7. The van der Waals surface area contributed by atoms with Crippen LogP contribution in [0, 0.1) is 11.2 Å². The lowest BCUT2D eigenvalue weighted by molar-refractivity contribution is -0.274. The van der Waals surface area contributed by atoms with E-state index in [9.17, 15) is 22.4 Å². The fourth-order valence-corrected chi connectivity index (χ4v) is 6.05. The third-order valence-corrected chi connectivity index (χ3v) is 8.27. The van der Waals surface area contributed by atoms with Gasteiger partial charge in [0, 0.05) is 30.1 Å². The molecule has 3 aromatic carbocycles. The summed E-state index contributed by atoms with van der Waals surface area (Å²) in [5.74, 6) is 0.764. The fraction of sp³-hybridized carbons (Fsp3) is 0.333. The van der Waals surface area contributed by atoms with E-state index in [1.54, 1.807) is 12.1 Å². The summed E-state index contributed by atoms with van der Waals surface area (Å²) in [6, 6.07) is 17.4. The number of alkyl halides is 3. The van der Waals surface area contributed by atoms with Crippen LogP contribution in [0.4, 0.5) is 28.0 Å². The average molecular weight is 655 g/mol. The zero-order valence-electron chi connectivity index (χ0n) is 25.8. The first-order chi connectivity index (χ1) is 21.8. The number of urea groups is 1. The quantitative estimate of drug-likeness (QED) is 0.184. The van der Waals surface area contributed by atoms with Crippen LogP contribution in [0.1, 0.15) is 44.7 Å². The fourth-order valence-electron chi connectivity index (χ4n) is 5.10. The number of nitrogens with one attached hydrogen (secondary N) is 1. The zero-order valence-corrected chi connectivity index (χ0v) is 26.6. The maximum Gasteiger partial charge on any atom is 0.573 e. The van der Waals surface area contributed by atoms with E-state index < -0.39 is 12.4 Å². The van der Waals surface area contributed by atoms with Crippen LogP contribution in [0.2, 0.25) is 0 Å². The van der Waals surface area contributed by atoms with Gasteiger partial charge in [-0.15, -0.1) is 18.3 Å². The molecule has 1 saturated heterocycles. The number of aliphatic imine (C=N–C) groups is 1. The monoisotopic (exact) mass is 654 g/mol. The molecule has 2 amide bonds. The van der Waals surface area contributed by atoms with E-state index in [4.69, 9.17) is 0 Å². The van der Waals surface area contributed by atoms with Crippen molar-refractivity contribution in [2.75, 3.05) is 23.7 Å². The number of thioether (sulfide) groups is 1. The number of hydrogen-bond acceptors (Lipinski definition) is 5. The number of benzene rings is 3. The van der Waals surface area contributed by atoms with E-state index in [0.29, 0.717) is 36.2 Å². The molecule has 2 heterocycles.